The van der Waals surface area contributed by atoms with Crippen LogP contribution in [0.5, 0.6) is 0 Å². The van der Waals surface area contributed by atoms with Gasteiger partial charge in [0.05, 0.1) is 28.6 Å². The van der Waals surface area contributed by atoms with Crippen LogP contribution in [0.2, 0.25) is 5.02 Å². The average Bonchev–Trinajstić information content (AvgIpc) is 2.75. The van der Waals surface area contributed by atoms with Crippen LogP contribution in [-0.4, -0.2) is 30.4 Å². The fourth-order valence-electron chi connectivity index (χ4n) is 1.97. The van der Waals surface area contributed by atoms with E-state index in [1.54, 1.807) is 12.4 Å². The summed E-state index contributed by atoms with van der Waals surface area (Å²) in [5.41, 5.74) is 0.829. The third-order valence-corrected chi connectivity index (χ3v) is 4.52. The van der Waals surface area contributed by atoms with Crippen molar-refractivity contribution < 1.29 is 49.3 Å². The maximum atomic E-state index is 11.8. The summed E-state index contributed by atoms with van der Waals surface area (Å²) in [6, 6.07) is 2.35. The van der Waals surface area contributed by atoms with Crippen molar-refractivity contribution in [3.8, 4) is 0 Å². The minimum atomic E-state index is -3.55. The molecular formula is C13H13ClN2NaO4S+. The Hall–Kier alpha value is -0.860. The molecule has 2 rings (SSSR count). The van der Waals surface area contributed by atoms with Crippen LogP contribution in [0, 0.1) is 6.92 Å². The first-order chi connectivity index (χ1) is 9.70. The van der Waals surface area contributed by atoms with Gasteiger partial charge in [0, 0.05) is 23.6 Å². The van der Waals surface area contributed by atoms with E-state index in [0.717, 1.165) is 17.9 Å². The Kier molecular flexibility index (Phi) is 6.23. The Bertz CT molecular complexity index is 823. The molecule has 0 atom stereocenters. The molecule has 0 radical (unpaired) electrons. The summed E-state index contributed by atoms with van der Waals surface area (Å²) >= 11 is 6.05. The third kappa shape index (κ3) is 4.11. The maximum absolute atomic E-state index is 11.8. The molecule has 0 N–H and O–H groups in total. The van der Waals surface area contributed by atoms with Gasteiger partial charge in [-0.15, -0.1) is 0 Å². The quantitative estimate of drug-likeness (QED) is 0.582. The molecule has 1 aromatic carbocycles. The Morgan fingerprint density at radius 1 is 1.45 bits per heavy atom. The molecule has 0 saturated heterocycles. The van der Waals surface area contributed by atoms with Crippen LogP contribution >= 0.6 is 11.6 Å². The van der Waals surface area contributed by atoms with E-state index < -0.39 is 15.8 Å². The van der Waals surface area contributed by atoms with Gasteiger partial charge in [0.2, 0.25) is 0 Å². The molecule has 2 aromatic rings. The van der Waals surface area contributed by atoms with Crippen LogP contribution in [-0.2, 0) is 16.4 Å². The van der Waals surface area contributed by atoms with Crippen LogP contribution in [0.1, 0.15) is 22.9 Å². The minimum Gasteiger partial charge on any atom is -0.545 e. The van der Waals surface area contributed by atoms with E-state index in [2.05, 4.69) is 5.10 Å². The summed E-state index contributed by atoms with van der Waals surface area (Å²) in [6.45, 7) is 1.89. The van der Waals surface area contributed by atoms with Crippen molar-refractivity contribution in [2.24, 2.45) is 0 Å². The van der Waals surface area contributed by atoms with Gasteiger partial charge in [-0.2, -0.15) is 5.10 Å². The van der Waals surface area contributed by atoms with Gasteiger partial charge in [-0.1, -0.05) is 17.7 Å². The predicted octanol–water partition coefficient (Wildman–Crippen LogP) is -2.22. The maximum Gasteiger partial charge on any atom is 1.00 e. The molecule has 0 aliphatic carbocycles. The van der Waals surface area contributed by atoms with Crippen LogP contribution in [0.25, 0.3) is 0 Å². The van der Waals surface area contributed by atoms with E-state index in [0.29, 0.717) is 0 Å². The molecule has 1 heterocycles. The standard InChI is InChI=1S/C13H13ClN2O4S.Na/c1-8-5-15-16(6-8)7-10-11(21(2,19)20)4-3-9(12(10)14)13(17)18;/h3-6H,7H2,1-2H3,(H,17,18);/q;+1. The van der Waals surface area contributed by atoms with E-state index in [9.17, 15) is 18.3 Å². The summed E-state index contributed by atoms with van der Waals surface area (Å²) in [6.07, 6.45) is 4.35. The average molecular weight is 352 g/mol. The van der Waals surface area contributed by atoms with Gasteiger partial charge in [-0.05, 0) is 18.6 Å². The summed E-state index contributed by atoms with van der Waals surface area (Å²) < 4.78 is 25.2. The Labute approximate surface area is 156 Å². The molecule has 1 aromatic heterocycles. The zero-order valence-corrected chi connectivity index (χ0v) is 15.9. The number of rotatable bonds is 4. The SMILES string of the molecule is Cc1cnn(Cc2c(S(C)(=O)=O)ccc(C(=O)[O-])c2Cl)c1.[H+].[Na+]. The van der Waals surface area contributed by atoms with E-state index in [-0.39, 0.29) is 58.6 Å². The number of aromatic nitrogens is 2. The zero-order valence-electron chi connectivity index (χ0n) is 13.3. The summed E-state index contributed by atoms with van der Waals surface area (Å²) in [4.78, 5) is 11.0. The van der Waals surface area contributed by atoms with E-state index in [4.69, 9.17) is 11.6 Å². The van der Waals surface area contributed by atoms with Crippen LogP contribution in [0.15, 0.2) is 29.4 Å². The van der Waals surface area contributed by atoms with Crippen molar-refractivity contribution in [2.75, 3.05) is 6.26 Å². The van der Waals surface area contributed by atoms with Crippen molar-refractivity contribution in [1.29, 1.82) is 0 Å². The molecule has 0 aliphatic rings. The number of halogens is 1. The number of carboxylic acids is 1. The number of carboxylic acid groups (broad SMARTS) is 1. The molecule has 0 aliphatic heterocycles. The Morgan fingerprint density at radius 2 is 2.09 bits per heavy atom. The van der Waals surface area contributed by atoms with Gasteiger partial charge in [-0.25, -0.2) is 8.42 Å². The van der Waals surface area contributed by atoms with Gasteiger partial charge in [0.25, 0.3) is 0 Å². The number of carbonyl (C=O) groups is 1. The van der Waals surface area contributed by atoms with Crippen molar-refractivity contribution in [3.05, 3.63) is 46.2 Å². The summed E-state index contributed by atoms with van der Waals surface area (Å²) in [7, 11) is -3.55. The van der Waals surface area contributed by atoms with E-state index in [1.165, 1.54) is 10.7 Å². The number of carbonyl (C=O) groups excluding carboxylic acids is 1. The first kappa shape index (κ1) is 19.2. The number of hydrogen-bond donors (Lipinski definition) is 0. The molecule has 0 spiro atoms. The second kappa shape index (κ2) is 7.14. The smallest absolute Gasteiger partial charge is 0.545 e. The number of aryl methyl sites for hydroxylation is 1. The Morgan fingerprint density at radius 3 is 2.55 bits per heavy atom. The van der Waals surface area contributed by atoms with Crippen molar-refractivity contribution in [3.63, 3.8) is 0 Å². The normalized spacial score (nSPS) is 11.0. The second-order valence-corrected chi connectivity index (χ2v) is 7.04. The van der Waals surface area contributed by atoms with Gasteiger partial charge in [0.15, 0.2) is 9.84 Å². The summed E-state index contributed by atoms with van der Waals surface area (Å²) in [5, 5.41) is 14.9. The van der Waals surface area contributed by atoms with Crippen molar-refractivity contribution in [1.82, 2.24) is 9.78 Å². The molecule has 22 heavy (non-hydrogen) atoms. The van der Waals surface area contributed by atoms with Crippen LogP contribution < -0.4 is 34.7 Å². The van der Waals surface area contributed by atoms with Crippen molar-refractivity contribution in [2.45, 2.75) is 18.4 Å². The molecule has 0 amide bonds. The molecule has 0 bridgehead atoms. The largest absolute Gasteiger partial charge is 1.00 e. The number of benzene rings is 1. The molecular weight excluding hydrogens is 339 g/mol. The molecule has 0 unspecified atom stereocenters. The number of aromatic carboxylic acids is 1. The van der Waals surface area contributed by atoms with Gasteiger partial charge >= 0.3 is 31.0 Å². The fraction of sp³-hybridized carbons (Fsp3) is 0.231. The molecule has 9 heteroatoms. The number of nitrogens with zero attached hydrogens (tertiary/aromatic N) is 2. The van der Waals surface area contributed by atoms with E-state index in [1.807, 2.05) is 6.92 Å². The van der Waals surface area contributed by atoms with Crippen molar-refractivity contribution >= 4 is 27.4 Å². The first-order valence-electron chi connectivity index (χ1n) is 5.92. The van der Waals surface area contributed by atoms with Gasteiger partial charge in [-0.3, -0.25) is 4.68 Å². The third-order valence-electron chi connectivity index (χ3n) is 2.90. The number of hydrogen-bond acceptors (Lipinski definition) is 5. The Balaban J connectivity index is 0.00000242. The molecule has 0 fully saturated rings. The molecule has 112 valence electrons. The van der Waals surface area contributed by atoms with E-state index >= 15 is 0 Å². The van der Waals surface area contributed by atoms with Crippen LogP contribution in [0.3, 0.4) is 0 Å². The number of sulfone groups is 1. The van der Waals surface area contributed by atoms with Crippen LogP contribution in [0.4, 0.5) is 0 Å². The fourth-order valence-corrected chi connectivity index (χ4v) is 3.26. The topological polar surface area (TPSA) is 92.1 Å². The first-order valence-corrected chi connectivity index (χ1v) is 8.19. The minimum absolute atomic E-state index is 0. The predicted molar refractivity (Wildman–Crippen MR) is 76.1 cm³/mol. The molecule has 6 nitrogen and oxygen atoms in total. The van der Waals surface area contributed by atoms with Gasteiger partial charge in [0.1, 0.15) is 0 Å². The summed E-state index contributed by atoms with van der Waals surface area (Å²) in [5.74, 6) is -1.46. The second-order valence-electron chi connectivity index (χ2n) is 4.68. The zero-order chi connectivity index (χ0) is 15.8. The van der Waals surface area contributed by atoms with Gasteiger partial charge < -0.3 is 9.90 Å². The molecule has 0 saturated carbocycles. The monoisotopic (exact) mass is 351 g/mol.